The Labute approximate surface area is 309 Å². The molecule has 0 bridgehead atoms. The molecular weight excluding hydrogens is 643 g/mol. The highest BCUT2D eigenvalue weighted by Crippen LogP contribution is 2.14. The van der Waals surface area contributed by atoms with Crippen LogP contribution in [-0.4, -0.2) is 41.9 Å². The lowest BCUT2D eigenvalue weighted by atomic mass is 10.0. The van der Waals surface area contributed by atoms with E-state index >= 15 is 0 Å². The van der Waals surface area contributed by atoms with Crippen molar-refractivity contribution < 1.29 is 22.9 Å². The lowest BCUT2D eigenvalue weighted by Crippen LogP contribution is -2.46. The first kappa shape index (κ1) is 48.3. The summed E-state index contributed by atoms with van der Waals surface area (Å²) in [4.78, 5) is 12.5. The highest BCUT2D eigenvalue weighted by atomic mass is 32.2. The van der Waals surface area contributed by atoms with Crippen molar-refractivity contribution in [2.45, 2.75) is 212 Å². The number of carbonyl (C=O) groups excluding carboxylic acids is 1. The second kappa shape index (κ2) is 37.1. The number of aliphatic hydroxyl groups is 1. The number of hydrogen-bond acceptors (Lipinski definition) is 4. The van der Waals surface area contributed by atoms with Crippen molar-refractivity contribution in [3.8, 4) is 0 Å². The first-order chi connectivity index (χ1) is 24.3. The third-order valence-electron chi connectivity index (χ3n) is 9.23. The van der Waals surface area contributed by atoms with Crippen molar-refractivity contribution >= 4 is 16.0 Å². The van der Waals surface area contributed by atoms with Crippen molar-refractivity contribution in [1.82, 2.24) is 5.32 Å². The van der Waals surface area contributed by atoms with E-state index in [0.717, 1.165) is 51.4 Å². The standard InChI is InChI=1S/C43H79NO5S/c1-3-5-7-9-11-13-15-17-19-21-22-23-24-26-28-30-32-34-36-38-42(45)41(40-50(47,48)49)44-43(46)39-37-35-33-31-29-27-25-20-18-16-14-12-10-8-6-4-2/h14,16,20,25,28,30,36,38,41-42,45H,3-13,15,17-19,21-24,26-27,29,31-35,37,39-40H2,1-2H3,(H,44,46)(H,47,48,49)/b16-14-,25-20-,30-28+,38-36+. The van der Waals surface area contributed by atoms with Crippen LogP contribution in [-0.2, 0) is 14.9 Å². The molecule has 7 heteroatoms. The van der Waals surface area contributed by atoms with E-state index in [4.69, 9.17) is 0 Å². The summed E-state index contributed by atoms with van der Waals surface area (Å²) in [6, 6.07) is -1.08. The number of allylic oxidation sites excluding steroid dienone is 7. The monoisotopic (exact) mass is 722 g/mol. The molecule has 0 spiro atoms. The molecule has 292 valence electrons. The van der Waals surface area contributed by atoms with Crippen LogP contribution in [0.2, 0.25) is 0 Å². The molecule has 0 fully saturated rings. The van der Waals surface area contributed by atoms with Gasteiger partial charge in [-0.3, -0.25) is 9.35 Å². The molecule has 2 unspecified atom stereocenters. The second-order valence-corrected chi connectivity index (χ2v) is 15.8. The third-order valence-corrected chi connectivity index (χ3v) is 10.0. The second-order valence-electron chi connectivity index (χ2n) is 14.3. The Hall–Kier alpha value is -1.70. The summed E-state index contributed by atoms with van der Waals surface area (Å²) in [5, 5.41) is 13.2. The van der Waals surface area contributed by atoms with E-state index in [2.05, 4.69) is 55.6 Å². The molecule has 0 aromatic heterocycles. The van der Waals surface area contributed by atoms with Crippen LogP contribution in [0.25, 0.3) is 0 Å². The van der Waals surface area contributed by atoms with Gasteiger partial charge >= 0.3 is 0 Å². The largest absolute Gasteiger partial charge is 0.387 e. The summed E-state index contributed by atoms with van der Waals surface area (Å²) in [5.41, 5.74) is 0. The lowest BCUT2D eigenvalue weighted by molar-refractivity contribution is -0.122. The first-order valence-corrected chi connectivity index (χ1v) is 22.4. The summed E-state index contributed by atoms with van der Waals surface area (Å²) in [7, 11) is -4.36. The molecule has 1 amide bonds. The highest BCUT2D eigenvalue weighted by Gasteiger charge is 2.24. The average molecular weight is 722 g/mol. The summed E-state index contributed by atoms with van der Waals surface area (Å²) in [5.74, 6) is -1.02. The Balaban J connectivity index is 3.99. The number of aliphatic hydroxyl groups excluding tert-OH is 1. The van der Waals surface area contributed by atoms with Crippen LogP contribution in [0.3, 0.4) is 0 Å². The van der Waals surface area contributed by atoms with Gasteiger partial charge in [0.25, 0.3) is 10.1 Å². The van der Waals surface area contributed by atoms with Gasteiger partial charge in [-0.15, -0.1) is 0 Å². The van der Waals surface area contributed by atoms with Gasteiger partial charge in [0.15, 0.2) is 0 Å². The first-order valence-electron chi connectivity index (χ1n) is 20.8. The van der Waals surface area contributed by atoms with Crippen LogP contribution >= 0.6 is 0 Å². The molecule has 0 aliphatic carbocycles. The minimum Gasteiger partial charge on any atom is -0.387 e. The number of rotatable bonds is 37. The predicted octanol–water partition coefficient (Wildman–Crippen LogP) is 12.3. The number of carbonyl (C=O) groups is 1. The zero-order chi connectivity index (χ0) is 36.8. The van der Waals surface area contributed by atoms with Gasteiger partial charge < -0.3 is 10.4 Å². The van der Waals surface area contributed by atoms with Crippen molar-refractivity contribution in [3.63, 3.8) is 0 Å². The van der Waals surface area contributed by atoms with Crippen molar-refractivity contribution in [2.75, 3.05) is 5.75 Å². The number of hydrogen-bond donors (Lipinski definition) is 3. The summed E-state index contributed by atoms with van der Waals surface area (Å²) < 4.78 is 32.5. The minimum absolute atomic E-state index is 0.271. The Morgan fingerprint density at radius 3 is 1.40 bits per heavy atom. The van der Waals surface area contributed by atoms with Crippen LogP contribution in [0.5, 0.6) is 0 Å². The summed E-state index contributed by atoms with van der Waals surface area (Å²) in [6.45, 7) is 4.51. The van der Waals surface area contributed by atoms with Gasteiger partial charge in [0.1, 0.15) is 0 Å². The topological polar surface area (TPSA) is 104 Å². The number of nitrogens with one attached hydrogen (secondary N) is 1. The lowest BCUT2D eigenvalue weighted by Gasteiger charge is -2.21. The maximum absolute atomic E-state index is 12.5. The molecule has 0 aromatic carbocycles. The molecule has 6 nitrogen and oxygen atoms in total. The molecule has 0 radical (unpaired) electrons. The maximum atomic E-state index is 12.5. The van der Waals surface area contributed by atoms with Crippen molar-refractivity contribution in [3.05, 3.63) is 48.6 Å². The van der Waals surface area contributed by atoms with Crippen LogP contribution in [0.1, 0.15) is 200 Å². The quantitative estimate of drug-likeness (QED) is 0.0336. The van der Waals surface area contributed by atoms with E-state index in [1.165, 1.54) is 122 Å². The van der Waals surface area contributed by atoms with Crippen molar-refractivity contribution in [1.29, 1.82) is 0 Å². The fourth-order valence-electron chi connectivity index (χ4n) is 6.08. The van der Waals surface area contributed by atoms with E-state index in [0.29, 0.717) is 12.8 Å². The van der Waals surface area contributed by atoms with Gasteiger partial charge in [0.2, 0.25) is 5.91 Å². The smallest absolute Gasteiger partial charge is 0.267 e. The average Bonchev–Trinajstić information content (AvgIpc) is 3.08. The van der Waals surface area contributed by atoms with Gasteiger partial charge in [-0.25, -0.2) is 0 Å². The molecule has 50 heavy (non-hydrogen) atoms. The van der Waals surface area contributed by atoms with Gasteiger partial charge in [0.05, 0.1) is 17.9 Å². The Morgan fingerprint density at radius 2 is 0.920 bits per heavy atom. The Kier molecular flexibility index (Phi) is 35.8. The van der Waals surface area contributed by atoms with E-state index in [1.54, 1.807) is 0 Å². The number of amides is 1. The molecule has 0 rings (SSSR count). The predicted molar refractivity (Wildman–Crippen MR) is 216 cm³/mol. The molecule has 0 aliphatic heterocycles. The van der Waals surface area contributed by atoms with Gasteiger partial charge in [-0.1, -0.05) is 178 Å². The molecule has 0 aromatic rings. The SMILES string of the molecule is CCCCCC/C=C\C/C=C\CCCCCCCC(=O)NC(CS(=O)(=O)O)C(O)/C=C/CC/C=C/CCCCCCCCCCCCCCC. The number of unbranched alkanes of at least 4 members (excludes halogenated alkanes) is 23. The van der Waals surface area contributed by atoms with Gasteiger partial charge in [-0.2, -0.15) is 8.42 Å². The molecule has 3 N–H and O–H groups in total. The van der Waals surface area contributed by atoms with Gasteiger partial charge in [-0.05, 0) is 64.2 Å². The van der Waals surface area contributed by atoms with Crippen LogP contribution in [0.4, 0.5) is 0 Å². The summed E-state index contributed by atoms with van der Waals surface area (Å²) in [6.07, 6.45) is 49.5. The van der Waals surface area contributed by atoms with Crippen LogP contribution in [0, 0.1) is 0 Å². The molecule has 0 saturated heterocycles. The van der Waals surface area contributed by atoms with E-state index in [9.17, 15) is 22.9 Å². The Morgan fingerprint density at radius 1 is 0.540 bits per heavy atom. The fraction of sp³-hybridized carbons (Fsp3) is 0.791. The van der Waals surface area contributed by atoms with Gasteiger partial charge in [0, 0.05) is 6.42 Å². The zero-order valence-corrected chi connectivity index (χ0v) is 33.3. The fourth-order valence-corrected chi connectivity index (χ4v) is 6.82. The normalized spacial score (nSPS) is 13.8. The zero-order valence-electron chi connectivity index (χ0n) is 32.5. The maximum Gasteiger partial charge on any atom is 0.267 e. The molecule has 0 heterocycles. The van der Waals surface area contributed by atoms with E-state index in [-0.39, 0.29) is 12.3 Å². The van der Waals surface area contributed by atoms with E-state index < -0.39 is 28.0 Å². The Bertz CT molecular complexity index is 972. The van der Waals surface area contributed by atoms with Crippen LogP contribution < -0.4 is 5.32 Å². The molecule has 2 atom stereocenters. The summed E-state index contributed by atoms with van der Waals surface area (Å²) >= 11 is 0. The van der Waals surface area contributed by atoms with E-state index in [1.807, 2.05) is 6.08 Å². The minimum atomic E-state index is -4.36. The third kappa shape index (κ3) is 37.6. The van der Waals surface area contributed by atoms with Crippen molar-refractivity contribution in [2.24, 2.45) is 0 Å². The molecule has 0 saturated carbocycles. The van der Waals surface area contributed by atoms with Crippen LogP contribution in [0.15, 0.2) is 48.6 Å². The molecular formula is C43H79NO5S. The molecule has 0 aliphatic rings. The highest BCUT2D eigenvalue weighted by molar-refractivity contribution is 7.85.